The Labute approximate surface area is 77.9 Å². The minimum Gasteiger partial charge on any atom is -0.0888 e. The summed E-state index contributed by atoms with van der Waals surface area (Å²) in [4.78, 5) is 0.863. The first-order valence-electron chi connectivity index (χ1n) is 5.02. The minimum absolute atomic E-state index is 0.863. The van der Waals surface area contributed by atoms with Crippen LogP contribution in [0.5, 0.6) is 0 Å². The topological polar surface area (TPSA) is 0 Å². The zero-order chi connectivity index (χ0) is 7.68. The van der Waals surface area contributed by atoms with E-state index in [4.69, 9.17) is 0 Å². The third-order valence-corrected chi connectivity index (χ3v) is 4.62. The number of hydrogen-bond donors (Lipinski definition) is 0. The molecular formula is C10H17Br. The van der Waals surface area contributed by atoms with Crippen molar-refractivity contribution in [2.75, 3.05) is 0 Å². The van der Waals surface area contributed by atoms with Gasteiger partial charge in [0.05, 0.1) is 0 Å². The molecule has 3 atom stereocenters. The van der Waals surface area contributed by atoms with E-state index in [9.17, 15) is 0 Å². The molecule has 1 unspecified atom stereocenters. The van der Waals surface area contributed by atoms with Gasteiger partial charge in [0.2, 0.25) is 0 Å². The average Bonchev–Trinajstić information content (AvgIpc) is 2.06. The third-order valence-electron chi connectivity index (χ3n) is 3.49. The highest BCUT2D eigenvalue weighted by atomic mass is 79.9. The van der Waals surface area contributed by atoms with Gasteiger partial charge >= 0.3 is 0 Å². The molecule has 2 rings (SSSR count). The van der Waals surface area contributed by atoms with Crippen molar-refractivity contribution in [1.29, 1.82) is 0 Å². The van der Waals surface area contributed by atoms with Crippen molar-refractivity contribution < 1.29 is 0 Å². The van der Waals surface area contributed by atoms with Crippen LogP contribution in [0.15, 0.2) is 0 Å². The first-order valence-corrected chi connectivity index (χ1v) is 5.93. The Kier molecular flexibility index (Phi) is 2.55. The van der Waals surface area contributed by atoms with E-state index in [1.54, 1.807) is 0 Å². The predicted molar refractivity (Wildman–Crippen MR) is 52.0 cm³/mol. The van der Waals surface area contributed by atoms with Crippen LogP contribution in [-0.4, -0.2) is 4.83 Å². The van der Waals surface area contributed by atoms with Gasteiger partial charge in [-0.3, -0.25) is 0 Å². The van der Waals surface area contributed by atoms with Crippen molar-refractivity contribution in [2.45, 2.75) is 49.8 Å². The summed E-state index contributed by atoms with van der Waals surface area (Å²) in [6.45, 7) is 0. The molecule has 64 valence electrons. The van der Waals surface area contributed by atoms with Crippen molar-refractivity contribution in [2.24, 2.45) is 11.8 Å². The highest BCUT2D eigenvalue weighted by molar-refractivity contribution is 9.09. The summed E-state index contributed by atoms with van der Waals surface area (Å²) < 4.78 is 0. The number of rotatable bonds is 0. The van der Waals surface area contributed by atoms with E-state index in [2.05, 4.69) is 15.9 Å². The molecule has 0 aromatic carbocycles. The Hall–Kier alpha value is 0.480. The van der Waals surface area contributed by atoms with Crippen LogP contribution in [-0.2, 0) is 0 Å². The zero-order valence-corrected chi connectivity index (χ0v) is 8.65. The highest BCUT2D eigenvalue weighted by Gasteiger charge is 2.32. The monoisotopic (exact) mass is 216 g/mol. The number of hydrogen-bond acceptors (Lipinski definition) is 0. The van der Waals surface area contributed by atoms with E-state index >= 15 is 0 Å². The Morgan fingerprint density at radius 3 is 2.36 bits per heavy atom. The summed E-state index contributed by atoms with van der Waals surface area (Å²) in [5.74, 6) is 2.12. The molecule has 0 saturated heterocycles. The zero-order valence-electron chi connectivity index (χ0n) is 7.06. The Morgan fingerprint density at radius 2 is 1.55 bits per heavy atom. The molecule has 2 saturated carbocycles. The van der Waals surface area contributed by atoms with Gasteiger partial charge in [-0.05, 0) is 24.7 Å². The van der Waals surface area contributed by atoms with E-state index in [0.29, 0.717) is 0 Å². The van der Waals surface area contributed by atoms with Crippen LogP contribution in [0, 0.1) is 11.8 Å². The first-order chi connectivity index (χ1) is 5.38. The highest BCUT2D eigenvalue weighted by Crippen LogP contribution is 2.43. The maximum absolute atomic E-state index is 3.83. The maximum atomic E-state index is 3.83. The second-order valence-electron chi connectivity index (χ2n) is 4.16. The van der Waals surface area contributed by atoms with Crippen molar-refractivity contribution in [1.82, 2.24) is 0 Å². The second kappa shape index (κ2) is 3.47. The van der Waals surface area contributed by atoms with Crippen LogP contribution in [0.25, 0.3) is 0 Å². The normalized spacial score (nSPS) is 45.0. The molecule has 0 nitrogen and oxygen atoms in total. The van der Waals surface area contributed by atoms with E-state index in [-0.39, 0.29) is 0 Å². The standard InChI is InChI=1S/C10H17Br/c11-10-7-3-5-8-4-1-2-6-9(8)10/h8-10H,1-7H2/t8-,9-,10?/m0/s1. The molecule has 2 aliphatic rings. The van der Waals surface area contributed by atoms with Crippen LogP contribution >= 0.6 is 15.9 Å². The van der Waals surface area contributed by atoms with Crippen molar-refractivity contribution in [3.8, 4) is 0 Å². The van der Waals surface area contributed by atoms with Crippen LogP contribution < -0.4 is 0 Å². The van der Waals surface area contributed by atoms with Gasteiger partial charge in [0, 0.05) is 4.83 Å². The van der Waals surface area contributed by atoms with Crippen molar-refractivity contribution in [3.05, 3.63) is 0 Å². The lowest BCUT2D eigenvalue weighted by Gasteiger charge is -2.38. The van der Waals surface area contributed by atoms with E-state index in [1.807, 2.05) is 0 Å². The molecule has 0 aromatic rings. The van der Waals surface area contributed by atoms with Gasteiger partial charge in [-0.15, -0.1) is 0 Å². The largest absolute Gasteiger partial charge is 0.0888 e. The van der Waals surface area contributed by atoms with Gasteiger partial charge in [0.1, 0.15) is 0 Å². The smallest absolute Gasteiger partial charge is 0.0176 e. The fraction of sp³-hybridized carbons (Fsp3) is 1.00. The fourth-order valence-electron chi connectivity index (χ4n) is 2.86. The molecule has 2 fully saturated rings. The molecule has 0 heterocycles. The summed E-state index contributed by atoms with van der Waals surface area (Å²) in [7, 11) is 0. The lowest BCUT2D eigenvalue weighted by Crippen LogP contribution is -2.31. The quantitative estimate of drug-likeness (QED) is 0.542. The molecule has 1 heteroatoms. The van der Waals surface area contributed by atoms with Crippen LogP contribution in [0.4, 0.5) is 0 Å². The minimum atomic E-state index is 0.863. The third kappa shape index (κ3) is 1.63. The van der Waals surface area contributed by atoms with Gasteiger partial charge in [-0.1, -0.05) is 48.0 Å². The number of alkyl halides is 1. The Bertz CT molecular complexity index is 131. The van der Waals surface area contributed by atoms with Gasteiger partial charge in [-0.25, -0.2) is 0 Å². The molecule has 0 radical (unpaired) electrons. The molecule has 2 aliphatic carbocycles. The average molecular weight is 217 g/mol. The summed E-state index contributed by atoms with van der Waals surface area (Å²) in [5.41, 5.74) is 0. The van der Waals surface area contributed by atoms with Gasteiger partial charge in [0.25, 0.3) is 0 Å². The molecule has 0 aliphatic heterocycles. The molecule has 0 bridgehead atoms. The van der Waals surface area contributed by atoms with Gasteiger partial charge < -0.3 is 0 Å². The van der Waals surface area contributed by atoms with Gasteiger partial charge in [0.15, 0.2) is 0 Å². The van der Waals surface area contributed by atoms with Crippen LogP contribution in [0.1, 0.15) is 44.9 Å². The Balaban J connectivity index is 1.99. The molecular weight excluding hydrogens is 200 g/mol. The molecule has 0 amide bonds. The Morgan fingerprint density at radius 1 is 0.818 bits per heavy atom. The van der Waals surface area contributed by atoms with Crippen LogP contribution in [0.3, 0.4) is 0 Å². The molecule has 11 heavy (non-hydrogen) atoms. The lowest BCUT2D eigenvalue weighted by molar-refractivity contribution is 0.181. The van der Waals surface area contributed by atoms with Crippen LogP contribution in [0.2, 0.25) is 0 Å². The molecule has 0 N–H and O–H groups in total. The predicted octanol–water partition coefficient (Wildman–Crippen LogP) is 3.74. The van der Waals surface area contributed by atoms with Gasteiger partial charge in [-0.2, -0.15) is 0 Å². The summed E-state index contributed by atoms with van der Waals surface area (Å²) in [5, 5.41) is 0. The summed E-state index contributed by atoms with van der Waals surface area (Å²) in [6.07, 6.45) is 10.4. The van der Waals surface area contributed by atoms with E-state index in [0.717, 1.165) is 16.7 Å². The summed E-state index contributed by atoms with van der Waals surface area (Å²) >= 11 is 3.83. The van der Waals surface area contributed by atoms with E-state index < -0.39 is 0 Å². The molecule has 0 aromatic heterocycles. The first kappa shape index (κ1) is 8.10. The van der Waals surface area contributed by atoms with Crippen molar-refractivity contribution >= 4 is 15.9 Å². The van der Waals surface area contributed by atoms with E-state index in [1.165, 1.54) is 44.9 Å². The maximum Gasteiger partial charge on any atom is 0.0176 e. The SMILES string of the molecule is BrC1CCC[C@@H]2CCCC[C@H]12. The molecule has 0 spiro atoms. The van der Waals surface area contributed by atoms with Crippen molar-refractivity contribution in [3.63, 3.8) is 0 Å². The number of fused-ring (bicyclic) bond motifs is 1. The summed E-state index contributed by atoms with van der Waals surface area (Å²) in [6, 6.07) is 0. The second-order valence-corrected chi connectivity index (χ2v) is 5.33. The number of halogens is 1. The lowest BCUT2D eigenvalue weighted by atomic mass is 9.71. The fourth-order valence-corrected chi connectivity index (χ4v) is 3.88.